The molecule has 56 heavy (non-hydrogen) atoms. The number of halogens is 1. The van der Waals surface area contributed by atoms with E-state index in [1.165, 1.54) is 6.33 Å². The highest BCUT2D eigenvalue weighted by atomic mass is 35.5. The molecule has 1 aromatic carbocycles. The highest BCUT2D eigenvalue weighted by molar-refractivity contribution is 7.09. The number of Topliss-reactive ketones (excluding diaryl/α,β-unsaturated/α-hetero) is 1. The third-order valence-corrected chi connectivity index (χ3v) is 12.2. The predicted octanol–water partition coefficient (Wildman–Crippen LogP) is 7.96. The number of anilines is 1. The lowest BCUT2D eigenvalue weighted by Gasteiger charge is -2.34. The van der Waals surface area contributed by atoms with Gasteiger partial charge in [0, 0.05) is 28.3 Å². The van der Waals surface area contributed by atoms with Gasteiger partial charge in [-0.1, -0.05) is 57.8 Å². The summed E-state index contributed by atoms with van der Waals surface area (Å²) in [7, 11) is 0. The average molecular weight is 809 g/mol. The number of nitrogens with zero attached hydrogens (tertiary/aromatic N) is 5. The first-order valence-electron chi connectivity index (χ1n) is 19.3. The summed E-state index contributed by atoms with van der Waals surface area (Å²) in [5.41, 5.74) is 8.47. The van der Waals surface area contributed by atoms with Crippen molar-refractivity contribution in [2.45, 2.75) is 137 Å². The lowest BCUT2D eigenvalue weighted by atomic mass is 9.73. The first-order valence-corrected chi connectivity index (χ1v) is 20.5. The number of fused-ring (bicyclic) bond motifs is 2. The zero-order chi connectivity index (χ0) is 41.3. The minimum absolute atomic E-state index is 0.0455. The van der Waals surface area contributed by atoms with Crippen LogP contribution in [0.25, 0.3) is 28.4 Å². The van der Waals surface area contributed by atoms with E-state index in [4.69, 9.17) is 31.9 Å². The molecular formula is C42H57ClN6O6S. The first kappa shape index (κ1) is 43.4. The summed E-state index contributed by atoms with van der Waals surface area (Å²) in [5, 5.41) is 30.8. The zero-order valence-electron chi connectivity index (χ0n) is 34.2. The number of benzene rings is 1. The summed E-state index contributed by atoms with van der Waals surface area (Å²) >= 11 is 7.51. The van der Waals surface area contributed by atoms with Gasteiger partial charge in [-0.2, -0.15) is 5.10 Å². The van der Waals surface area contributed by atoms with Crippen LogP contribution in [-0.2, 0) is 24.6 Å². The average Bonchev–Trinajstić information content (AvgIpc) is 3.39. The summed E-state index contributed by atoms with van der Waals surface area (Å²) in [6, 6.07) is 7.50. The van der Waals surface area contributed by atoms with Crippen molar-refractivity contribution in [3.63, 3.8) is 0 Å². The number of epoxide rings is 1. The highest BCUT2D eigenvalue weighted by Crippen LogP contribution is 2.45. The maximum Gasteiger partial charge on any atom is 0.309 e. The molecule has 7 atom stereocenters. The van der Waals surface area contributed by atoms with Gasteiger partial charge in [-0.3, -0.25) is 9.59 Å². The zero-order valence-corrected chi connectivity index (χ0v) is 35.7. The maximum absolute atomic E-state index is 13.2. The van der Waals surface area contributed by atoms with Crippen molar-refractivity contribution in [2.75, 3.05) is 5.73 Å². The Labute approximate surface area is 338 Å². The molecule has 4 N–H and O–H groups in total. The van der Waals surface area contributed by atoms with Crippen LogP contribution in [-0.4, -0.2) is 76.7 Å². The number of aliphatic hydroxyl groups excluding tert-OH is 2. The minimum atomic E-state index is -1.23. The Morgan fingerprint density at radius 2 is 1.79 bits per heavy atom. The molecule has 2 saturated heterocycles. The smallest absolute Gasteiger partial charge is 0.309 e. The van der Waals surface area contributed by atoms with Crippen LogP contribution in [0.2, 0.25) is 5.02 Å². The first-order chi connectivity index (χ1) is 26.1. The van der Waals surface area contributed by atoms with Gasteiger partial charge in [0.05, 0.1) is 57.4 Å². The third-order valence-electron chi connectivity index (χ3n) is 11.2. The number of carbonyl (C=O) groups is 2. The summed E-state index contributed by atoms with van der Waals surface area (Å²) in [5.74, 6) is -1.12. The Bertz CT molecular complexity index is 2060. The minimum Gasteiger partial charge on any atom is -0.458 e. The molecule has 0 bridgehead atoms. The van der Waals surface area contributed by atoms with Crippen LogP contribution < -0.4 is 5.73 Å². The van der Waals surface area contributed by atoms with Crippen molar-refractivity contribution in [1.82, 2.24) is 24.7 Å². The second-order valence-corrected chi connectivity index (χ2v) is 18.7. The van der Waals surface area contributed by atoms with Crippen molar-refractivity contribution in [1.29, 1.82) is 0 Å². The van der Waals surface area contributed by atoms with Gasteiger partial charge in [0.25, 0.3) is 0 Å². The normalized spacial score (nSPS) is 27.9. The van der Waals surface area contributed by atoms with E-state index in [-0.39, 0.29) is 35.4 Å². The number of thiazole rings is 1. The molecular weight excluding hydrogens is 752 g/mol. The van der Waals surface area contributed by atoms with E-state index in [1.807, 2.05) is 61.2 Å². The molecule has 0 radical (unpaired) electrons. The van der Waals surface area contributed by atoms with Gasteiger partial charge in [0.15, 0.2) is 5.65 Å². The van der Waals surface area contributed by atoms with E-state index in [9.17, 15) is 19.8 Å². The van der Waals surface area contributed by atoms with E-state index in [1.54, 1.807) is 32.1 Å². The molecule has 2 fully saturated rings. The molecule has 14 heteroatoms. The van der Waals surface area contributed by atoms with E-state index >= 15 is 0 Å². The van der Waals surface area contributed by atoms with Gasteiger partial charge < -0.3 is 25.4 Å². The number of aliphatic hydroxyl groups is 2. The Hall–Kier alpha value is -3.75. The molecule has 0 spiro atoms. The van der Waals surface area contributed by atoms with E-state index in [2.05, 4.69) is 42.6 Å². The van der Waals surface area contributed by atoms with Crippen molar-refractivity contribution in [3.05, 3.63) is 57.3 Å². The van der Waals surface area contributed by atoms with Crippen LogP contribution in [0.15, 0.2) is 41.5 Å². The molecule has 2 aliphatic rings. The van der Waals surface area contributed by atoms with Crippen LogP contribution in [0.4, 0.5) is 5.82 Å². The summed E-state index contributed by atoms with van der Waals surface area (Å²) in [6.07, 6.45) is 3.45. The SMILES string of the molecule is C/C(=C\c1csc(C)n1)[C@@H]1C[C@@H]2O[C@]2(C)CCC[C@H](C)[C@H](O)[C@@H](C)C(=O)C(C)(C)[C@@H](O)CC(=O)O1.CC(C)(C)n1nc(-c2ccc(Cl)cc2)c2c(N)ncnc21. The van der Waals surface area contributed by atoms with Gasteiger partial charge >= 0.3 is 5.97 Å². The predicted molar refractivity (Wildman–Crippen MR) is 221 cm³/mol. The van der Waals surface area contributed by atoms with Crippen molar-refractivity contribution in [3.8, 4) is 11.3 Å². The fraction of sp³-hybridized carbons (Fsp3) is 0.571. The number of aryl methyl sites for hydroxylation is 1. The van der Waals surface area contributed by atoms with Crippen molar-refractivity contribution < 1.29 is 29.3 Å². The van der Waals surface area contributed by atoms with Gasteiger partial charge in [-0.05, 0) is 84.1 Å². The fourth-order valence-corrected chi connectivity index (χ4v) is 8.02. The lowest BCUT2D eigenvalue weighted by molar-refractivity contribution is -0.154. The molecule has 4 aromatic rings. The fourth-order valence-electron chi connectivity index (χ4n) is 7.32. The van der Waals surface area contributed by atoms with Crippen LogP contribution in [0.3, 0.4) is 0 Å². The number of hydrogen-bond acceptors (Lipinski definition) is 12. The van der Waals surface area contributed by atoms with Crippen LogP contribution >= 0.6 is 22.9 Å². The molecule has 0 amide bonds. The number of rotatable bonds is 3. The highest BCUT2D eigenvalue weighted by Gasteiger charge is 2.53. The number of nitrogens with two attached hydrogens (primary N) is 1. The summed E-state index contributed by atoms with van der Waals surface area (Å²) < 4.78 is 13.8. The second kappa shape index (κ2) is 17.0. The quantitative estimate of drug-likeness (QED) is 0.135. The maximum atomic E-state index is 13.2. The van der Waals surface area contributed by atoms with Gasteiger partial charge in [-0.15, -0.1) is 11.3 Å². The standard InChI is InChI=1S/C27H41NO6S.C15H16ClN5/c1-15-9-8-10-27(7)22(34-27)12-20(16(2)11-19-14-35-18(4)28-19)33-23(30)13-21(29)26(5,6)25(32)17(3)24(15)31;1-15(2,3)21-14-11(13(17)18-8-19-14)12(20-21)9-4-6-10(16)7-5-9/h11,14-15,17,20-22,24,29,31H,8-10,12-13H2,1-7H3;4-8H,1-3H3,(H2,17,18,19)/b16-11+;/t15-,17+,20-,21-,22-,24-,27+;/m0./s1. The second-order valence-electron chi connectivity index (χ2n) is 17.2. The largest absolute Gasteiger partial charge is 0.458 e. The van der Waals surface area contributed by atoms with Gasteiger partial charge in [0.1, 0.15) is 29.7 Å². The summed E-state index contributed by atoms with van der Waals surface area (Å²) in [4.78, 5) is 39.1. The molecule has 0 unspecified atom stereocenters. The van der Waals surface area contributed by atoms with Crippen LogP contribution in [0.5, 0.6) is 0 Å². The number of nitrogen functional groups attached to an aromatic ring is 1. The Kier molecular flexibility index (Phi) is 13.2. The monoisotopic (exact) mass is 808 g/mol. The molecule has 0 saturated carbocycles. The number of esters is 1. The van der Waals surface area contributed by atoms with Crippen molar-refractivity contribution >= 4 is 57.6 Å². The Balaban J connectivity index is 0.000000242. The lowest BCUT2D eigenvalue weighted by Crippen LogP contribution is -2.45. The van der Waals surface area contributed by atoms with Crippen molar-refractivity contribution in [2.24, 2.45) is 17.3 Å². The number of carbonyl (C=O) groups excluding carboxylic acids is 2. The molecule has 0 aliphatic carbocycles. The molecule has 6 rings (SSSR count). The molecule has 12 nitrogen and oxygen atoms in total. The Morgan fingerprint density at radius 3 is 2.41 bits per heavy atom. The number of cyclic esters (lactones) is 1. The third kappa shape index (κ3) is 9.85. The molecule has 3 aromatic heterocycles. The number of ether oxygens (including phenoxy) is 2. The molecule has 304 valence electrons. The topological polar surface area (TPSA) is 179 Å². The van der Waals surface area contributed by atoms with E-state index < -0.39 is 35.6 Å². The number of hydrogen-bond donors (Lipinski definition) is 3. The van der Waals surface area contributed by atoms with E-state index in [0.717, 1.165) is 57.8 Å². The van der Waals surface area contributed by atoms with Crippen LogP contribution in [0, 0.1) is 24.2 Å². The van der Waals surface area contributed by atoms with Gasteiger partial charge in [0.2, 0.25) is 0 Å². The van der Waals surface area contributed by atoms with E-state index in [0.29, 0.717) is 17.3 Å². The Morgan fingerprint density at radius 1 is 1.11 bits per heavy atom. The summed E-state index contributed by atoms with van der Waals surface area (Å²) in [6.45, 7) is 19.1. The molecule has 5 heterocycles. The molecule has 2 aliphatic heterocycles. The van der Waals surface area contributed by atoms with Crippen LogP contribution in [0.1, 0.15) is 105 Å². The van der Waals surface area contributed by atoms with Gasteiger partial charge in [-0.25, -0.2) is 19.6 Å². The number of ketones is 1. The number of aromatic nitrogens is 5.